The predicted molar refractivity (Wildman–Crippen MR) is 75.2 cm³/mol. The smallest absolute Gasteiger partial charge is 0.0589 e. The van der Waals surface area contributed by atoms with Crippen LogP contribution in [0.4, 0.5) is 0 Å². The normalized spacial score (nSPS) is 13.9. The van der Waals surface area contributed by atoms with E-state index in [1.54, 1.807) is 7.11 Å². The fourth-order valence-corrected chi connectivity index (χ4v) is 2.14. The third-order valence-electron chi connectivity index (χ3n) is 3.65. The molecule has 0 amide bonds. The van der Waals surface area contributed by atoms with Gasteiger partial charge in [0.15, 0.2) is 0 Å². The molecule has 0 aliphatic rings. The number of rotatable bonds is 10. The van der Waals surface area contributed by atoms with Crippen LogP contribution >= 0.6 is 0 Å². The van der Waals surface area contributed by atoms with Crippen LogP contribution in [0.3, 0.4) is 0 Å². The van der Waals surface area contributed by atoms with E-state index in [0.717, 1.165) is 26.1 Å². The van der Waals surface area contributed by atoms with E-state index in [1.807, 2.05) is 0 Å². The van der Waals surface area contributed by atoms with E-state index >= 15 is 0 Å². The van der Waals surface area contributed by atoms with Gasteiger partial charge in [0.2, 0.25) is 0 Å². The highest BCUT2D eigenvalue weighted by Crippen LogP contribution is 2.11. The topological polar surface area (TPSA) is 38.5 Å². The maximum atomic E-state index is 6.12. The van der Waals surface area contributed by atoms with Gasteiger partial charge in [0.05, 0.1) is 6.61 Å². The second-order valence-electron chi connectivity index (χ2n) is 5.20. The van der Waals surface area contributed by atoms with Gasteiger partial charge in [0.1, 0.15) is 0 Å². The van der Waals surface area contributed by atoms with E-state index in [0.29, 0.717) is 18.0 Å². The molecule has 104 valence electrons. The first-order valence-electron chi connectivity index (χ1n) is 7.05. The average molecular weight is 244 g/mol. The van der Waals surface area contributed by atoms with Crippen molar-refractivity contribution in [3.63, 3.8) is 0 Å². The Hall–Kier alpha value is -0.120. The molecule has 0 fully saturated rings. The molecule has 0 rings (SSSR count). The number of methoxy groups -OCH3 is 1. The third kappa shape index (κ3) is 7.02. The van der Waals surface area contributed by atoms with Crippen molar-refractivity contribution < 1.29 is 4.74 Å². The van der Waals surface area contributed by atoms with Crippen LogP contribution in [0.15, 0.2) is 0 Å². The lowest BCUT2D eigenvalue weighted by molar-refractivity contribution is 0.111. The Balaban J connectivity index is 4.17. The fourth-order valence-electron chi connectivity index (χ4n) is 2.14. The standard InChI is InChI=1S/C14H32N2O/c1-6-13(7-2)16(10-11-17-5)9-8-14(15)12(3)4/h12-14H,6-11,15H2,1-5H3. The van der Waals surface area contributed by atoms with Crippen molar-refractivity contribution in [3.8, 4) is 0 Å². The fraction of sp³-hybridized carbons (Fsp3) is 1.00. The summed E-state index contributed by atoms with van der Waals surface area (Å²) in [6.07, 6.45) is 3.49. The number of ether oxygens (including phenoxy) is 1. The van der Waals surface area contributed by atoms with Crippen LogP contribution in [0, 0.1) is 5.92 Å². The minimum atomic E-state index is 0.314. The lowest BCUT2D eigenvalue weighted by atomic mass is 10.0. The van der Waals surface area contributed by atoms with Crippen LogP contribution in [0.2, 0.25) is 0 Å². The molecular formula is C14H32N2O. The summed E-state index contributed by atoms with van der Waals surface area (Å²) in [5.41, 5.74) is 6.12. The van der Waals surface area contributed by atoms with Gasteiger partial charge in [-0.3, -0.25) is 4.90 Å². The highest BCUT2D eigenvalue weighted by molar-refractivity contribution is 4.73. The minimum absolute atomic E-state index is 0.314. The molecule has 1 unspecified atom stereocenters. The SMILES string of the molecule is CCC(CC)N(CCOC)CCC(N)C(C)C. The average Bonchev–Trinajstić information content (AvgIpc) is 2.32. The Kier molecular flexibility index (Phi) is 9.79. The molecule has 0 aliphatic carbocycles. The van der Waals surface area contributed by atoms with Gasteiger partial charge in [-0.25, -0.2) is 0 Å². The Morgan fingerprint density at radius 2 is 1.71 bits per heavy atom. The number of hydrogen-bond donors (Lipinski definition) is 1. The van der Waals surface area contributed by atoms with Crippen molar-refractivity contribution in [3.05, 3.63) is 0 Å². The Morgan fingerprint density at radius 3 is 2.12 bits per heavy atom. The molecule has 2 N–H and O–H groups in total. The minimum Gasteiger partial charge on any atom is -0.383 e. The molecule has 0 aliphatic heterocycles. The Labute approximate surface area is 108 Å². The molecule has 0 saturated carbocycles. The second kappa shape index (κ2) is 9.86. The van der Waals surface area contributed by atoms with Gasteiger partial charge in [-0.05, 0) is 25.2 Å². The quantitative estimate of drug-likeness (QED) is 0.642. The van der Waals surface area contributed by atoms with E-state index in [1.165, 1.54) is 12.8 Å². The van der Waals surface area contributed by atoms with Crippen LogP contribution in [0.25, 0.3) is 0 Å². The van der Waals surface area contributed by atoms with Gasteiger partial charge in [0, 0.05) is 32.3 Å². The van der Waals surface area contributed by atoms with Gasteiger partial charge in [-0.1, -0.05) is 27.7 Å². The first-order chi connectivity index (χ1) is 8.06. The first-order valence-corrected chi connectivity index (χ1v) is 7.05. The van der Waals surface area contributed by atoms with Crippen LogP contribution < -0.4 is 5.73 Å². The summed E-state index contributed by atoms with van der Waals surface area (Å²) in [7, 11) is 1.77. The van der Waals surface area contributed by atoms with Gasteiger partial charge in [-0.15, -0.1) is 0 Å². The summed E-state index contributed by atoms with van der Waals surface area (Å²) in [5.74, 6) is 0.570. The lowest BCUT2D eigenvalue weighted by Crippen LogP contribution is -2.40. The van der Waals surface area contributed by atoms with Crippen LogP contribution in [-0.2, 0) is 4.74 Å². The third-order valence-corrected chi connectivity index (χ3v) is 3.65. The van der Waals surface area contributed by atoms with E-state index in [4.69, 9.17) is 10.5 Å². The number of hydrogen-bond acceptors (Lipinski definition) is 3. The van der Waals surface area contributed by atoms with E-state index < -0.39 is 0 Å². The number of nitrogens with zero attached hydrogens (tertiary/aromatic N) is 1. The molecule has 0 spiro atoms. The van der Waals surface area contributed by atoms with E-state index in [2.05, 4.69) is 32.6 Å². The van der Waals surface area contributed by atoms with Crippen LogP contribution in [0.5, 0.6) is 0 Å². The molecule has 1 atom stereocenters. The molecule has 0 aromatic rings. The van der Waals surface area contributed by atoms with Crippen molar-refractivity contribution >= 4 is 0 Å². The summed E-state index contributed by atoms with van der Waals surface area (Å²) >= 11 is 0. The molecule has 0 saturated heterocycles. The summed E-state index contributed by atoms with van der Waals surface area (Å²) in [6.45, 7) is 11.8. The summed E-state index contributed by atoms with van der Waals surface area (Å²) < 4.78 is 5.19. The molecule has 3 nitrogen and oxygen atoms in total. The Morgan fingerprint density at radius 1 is 1.12 bits per heavy atom. The number of nitrogens with two attached hydrogens (primary N) is 1. The molecule has 0 bridgehead atoms. The van der Waals surface area contributed by atoms with Crippen LogP contribution in [-0.4, -0.2) is 43.8 Å². The first kappa shape index (κ1) is 16.9. The van der Waals surface area contributed by atoms with Crippen molar-refractivity contribution in [2.75, 3.05) is 26.8 Å². The summed E-state index contributed by atoms with van der Waals surface area (Å²) in [4.78, 5) is 2.53. The predicted octanol–water partition coefficient (Wildman–Crippen LogP) is 2.50. The maximum absolute atomic E-state index is 6.12. The molecule has 17 heavy (non-hydrogen) atoms. The summed E-state index contributed by atoms with van der Waals surface area (Å²) in [6, 6.07) is 0.985. The highest BCUT2D eigenvalue weighted by atomic mass is 16.5. The second-order valence-corrected chi connectivity index (χ2v) is 5.20. The zero-order valence-corrected chi connectivity index (χ0v) is 12.4. The zero-order valence-electron chi connectivity index (χ0n) is 12.4. The largest absolute Gasteiger partial charge is 0.383 e. The summed E-state index contributed by atoms with van der Waals surface area (Å²) in [5, 5.41) is 0. The van der Waals surface area contributed by atoms with Crippen molar-refractivity contribution in [2.45, 2.75) is 59.0 Å². The van der Waals surface area contributed by atoms with Crippen molar-refractivity contribution in [1.29, 1.82) is 0 Å². The van der Waals surface area contributed by atoms with Gasteiger partial charge in [-0.2, -0.15) is 0 Å². The zero-order chi connectivity index (χ0) is 13.3. The van der Waals surface area contributed by atoms with Gasteiger partial charge >= 0.3 is 0 Å². The molecule has 0 aromatic carbocycles. The van der Waals surface area contributed by atoms with Crippen molar-refractivity contribution in [2.24, 2.45) is 11.7 Å². The molecule has 3 heteroatoms. The van der Waals surface area contributed by atoms with Crippen molar-refractivity contribution in [1.82, 2.24) is 4.90 Å². The maximum Gasteiger partial charge on any atom is 0.0589 e. The highest BCUT2D eigenvalue weighted by Gasteiger charge is 2.16. The van der Waals surface area contributed by atoms with Gasteiger partial charge in [0.25, 0.3) is 0 Å². The molecule has 0 aromatic heterocycles. The Bertz CT molecular complexity index is 170. The van der Waals surface area contributed by atoms with E-state index in [9.17, 15) is 0 Å². The monoisotopic (exact) mass is 244 g/mol. The van der Waals surface area contributed by atoms with Crippen LogP contribution in [0.1, 0.15) is 47.0 Å². The molecular weight excluding hydrogens is 212 g/mol. The van der Waals surface area contributed by atoms with Gasteiger partial charge < -0.3 is 10.5 Å². The molecule has 0 radical (unpaired) electrons. The van der Waals surface area contributed by atoms with E-state index in [-0.39, 0.29) is 0 Å². The molecule has 0 heterocycles. The lowest BCUT2D eigenvalue weighted by Gasteiger charge is -2.31.